The van der Waals surface area contributed by atoms with Crippen LogP contribution in [0.5, 0.6) is 0 Å². The van der Waals surface area contributed by atoms with Crippen molar-refractivity contribution in [2.75, 3.05) is 14.2 Å². The third-order valence-electron chi connectivity index (χ3n) is 3.40. The van der Waals surface area contributed by atoms with Crippen molar-refractivity contribution in [3.05, 3.63) is 35.9 Å². The second kappa shape index (κ2) is 5.32. The van der Waals surface area contributed by atoms with Gasteiger partial charge in [-0.15, -0.1) is 0 Å². The molecule has 0 saturated carbocycles. The summed E-state index contributed by atoms with van der Waals surface area (Å²) in [6, 6.07) is 9.19. The zero-order chi connectivity index (χ0) is 14.8. The summed E-state index contributed by atoms with van der Waals surface area (Å²) in [5, 5.41) is 3.98. The average molecular weight is 276 g/mol. The molecule has 1 aliphatic heterocycles. The maximum absolute atomic E-state index is 12.1. The molecule has 1 aliphatic rings. The third-order valence-corrected chi connectivity index (χ3v) is 3.40. The van der Waals surface area contributed by atoms with Crippen molar-refractivity contribution < 1.29 is 19.1 Å². The molecule has 20 heavy (non-hydrogen) atoms. The maximum Gasteiger partial charge on any atom is 0.354 e. The Balaban J connectivity index is 2.49. The summed E-state index contributed by atoms with van der Waals surface area (Å²) >= 11 is 0. The molecule has 0 saturated heterocycles. The molecule has 1 aromatic carbocycles. The zero-order valence-corrected chi connectivity index (χ0v) is 11.5. The van der Waals surface area contributed by atoms with Gasteiger partial charge in [-0.1, -0.05) is 30.3 Å². The van der Waals surface area contributed by atoms with Crippen LogP contribution in [0, 0.1) is 0 Å². The maximum atomic E-state index is 12.1. The number of hydrogen-bond acceptors (Lipinski definition) is 6. The van der Waals surface area contributed by atoms with Gasteiger partial charge in [-0.2, -0.15) is 5.10 Å². The summed E-state index contributed by atoms with van der Waals surface area (Å²) < 4.78 is 9.55. The van der Waals surface area contributed by atoms with Gasteiger partial charge in [0, 0.05) is 0 Å². The molecule has 0 unspecified atom stereocenters. The molecule has 2 rings (SSSR count). The highest BCUT2D eigenvalue weighted by Gasteiger charge is 2.52. The Labute approximate surface area is 116 Å². The SMILES string of the molecule is COC(=O)C1=NN[C@@](C)(C(=O)OC)[C@@H]1c1ccccc1. The first-order chi connectivity index (χ1) is 9.54. The highest BCUT2D eigenvalue weighted by atomic mass is 16.5. The van der Waals surface area contributed by atoms with Crippen molar-refractivity contribution in [1.29, 1.82) is 0 Å². The summed E-state index contributed by atoms with van der Waals surface area (Å²) in [6.45, 7) is 1.65. The monoisotopic (exact) mass is 276 g/mol. The van der Waals surface area contributed by atoms with Gasteiger partial charge >= 0.3 is 11.9 Å². The van der Waals surface area contributed by atoms with Gasteiger partial charge in [-0.3, -0.25) is 5.43 Å². The van der Waals surface area contributed by atoms with Crippen LogP contribution >= 0.6 is 0 Å². The predicted molar refractivity (Wildman–Crippen MR) is 72.2 cm³/mol. The molecular weight excluding hydrogens is 260 g/mol. The van der Waals surface area contributed by atoms with Gasteiger partial charge in [-0.25, -0.2) is 9.59 Å². The molecule has 0 fully saturated rings. The molecule has 0 aromatic heterocycles. The molecule has 0 radical (unpaired) electrons. The van der Waals surface area contributed by atoms with Crippen molar-refractivity contribution in [2.45, 2.75) is 18.4 Å². The largest absolute Gasteiger partial charge is 0.467 e. The number of methoxy groups -OCH3 is 2. The summed E-state index contributed by atoms with van der Waals surface area (Å²) in [5.74, 6) is -1.63. The number of nitrogens with zero attached hydrogens (tertiary/aromatic N) is 1. The number of esters is 2. The molecule has 0 bridgehead atoms. The Morgan fingerprint density at radius 3 is 2.40 bits per heavy atom. The van der Waals surface area contributed by atoms with Crippen molar-refractivity contribution in [1.82, 2.24) is 5.43 Å². The van der Waals surface area contributed by atoms with Gasteiger partial charge in [0.2, 0.25) is 0 Å². The van der Waals surface area contributed by atoms with E-state index in [1.807, 2.05) is 30.3 Å². The van der Waals surface area contributed by atoms with E-state index < -0.39 is 23.4 Å². The molecule has 6 nitrogen and oxygen atoms in total. The lowest BCUT2D eigenvalue weighted by molar-refractivity contribution is -0.147. The van der Waals surface area contributed by atoms with Crippen LogP contribution in [-0.2, 0) is 19.1 Å². The second-order valence-electron chi connectivity index (χ2n) is 4.64. The van der Waals surface area contributed by atoms with Crippen LogP contribution in [0.1, 0.15) is 18.4 Å². The van der Waals surface area contributed by atoms with E-state index in [9.17, 15) is 9.59 Å². The molecule has 0 amide bonds. The summed E-state index contributed by atoms with van der Waals surface area (Å²) in [6.07, 6.45) is 0. The van der Waals surface area contributed by atoms with E-state index in [1.165, 1.54) is 14.2 Å². The average Bonchev–Trinajstić information content (AvgIpc) is 2.85. The zero-order valence-electron chi connectivity index (χ0n) is 11.5. The minimum Gasteiger partial charge on any atom is -0.467 e. The number of hydrazone groups is 1. The van der Waals surface area contributed by atoms with Crippen molar-refractivity contribution in [3.63, 3.8) is 0 Å². The number of ether oxygens (including phenoxy) is 2. The molecule has 1 heterocycles. The van der Waals surface area contributed by atoms with Crippen molar-refractivity contribution in [2.24, 2.45) is 5.10 Å². The quantitative estimate of drug-likeness (QED) is 0.828. The summed E-state index contributed by atoms with van der Waals surface area (Å²) in [5.41, 5.74) is 2.52. The minimum atomic E-state index is -1.14. The number of rotatable bonds is 3. The lowest BCUT2D eigenvalue weighted by Gasteiger charge is -2.28. The van der Waals surface area contributed by atoms with E-state index in [1.54, 1.807) is 6.92 Å². The van der Waals surface area contributed by atoms with E-state index >= 15 is 0 Å². The van der Waals surface area contributed by atoms with Crippen molar-refractivity contribution >= 4 is 17.7 Å². The van der Waals surface area contributed by atoms with E-state index in [2.05, 4.69) is 10.5 Å². The van der Waals surface area contributed by atoms with Gasteiger partial charge in [0.25, 0.3) is 0 Å². The Bertz CT molecular complexity index is 556. The molecule has 6 heteroatoms. The van der Waals surface area contributed by atoms with Crippen LogP contribution < -0.4 is 5.43 Å². The standard InChI is InChI=1S/C14H16N2O4/c1-14(13(18)20-3)10(9-7-5-4-6-8-9)11(15-16-14)12(17)19-2/h4-8,10,16H,1-3H3/t10-,14-/m1/s1. The Hall–Kier alpha value is -2.37. The van der Waals surface area contributed by atoms with E-state index in [4.69, 9.17) is 9.47 Å². The Morgan fingerprint density at radius 2 is 1.85 bits per heavy atom. The Morgan fingerprint density at radius 1 is 1.20 bits per heavy atom. The second-order valence-corrected chi connectivity index (χ2v) is 4.64. The van der Waals surface area contributed by atoms with E-state index in [0.717, 1.165) is 5.56 Å². The highest BCUT2D eigenvalue weighted by Crippen LogP contribution is 2.35. The van der Waals surface area contributed by atoms with E-state index in [-0.39, 0.29) is 5.71 Å². The summed E-state index contributed by atoms with van der Waals surface area (Å²) in [4.78, 5) is 23.9. The number of hydrogen-bond donors (Lipinski definition) is 1. The number of benzene rings is 1. The molecule has 2 atom stereocenters. The molecule has 106 valence electrons. The highest BCUT2D eigenvalue weighted by molar-refractivity contribution is 6.40. The van der Waals surface area contributed by atoms with Crippen LogP contribution in [0.4, 0.5) is 0 Å². The number of carbonyl (C=O) groups is 2. The first-order valence-corrected chi connectivity index (χ1v) is 6.11. The van der Waals surface area contributed by atoms with Gasteiger partial charge in [0.1, 0.15) is 0 Å². The van der Waals surface area contributed by atoms with Gasteiger partial charge in [0.05, 0.1) is 20.1 Å². The Kier molecular flexibility index (Phi) is 3.74. The van der Waals surface area contributed by atoms with Gasteiger partial charge in [-0.05, 0) is 12.5 Å². The fraction of sp³-hybridized carbons (Fsp3) is 0.357. The summed E-state index contributed by atoms with van der Waals surface area (Å²) in [7, 11) is 2.58. The first-order valence-electron chi connectivity index (χ1n) is 6.11. The van der Waals surface area contributed by atoms with Crippen LogP contribution in [-0.4, -0.2) is 37.4 Å². The molecule has 0 spiro atoms. The normalized spacial score (nSPS) is 24.6. The number of carbonyl (C=O) groups excluding carboxylic acids is 2. The van der Waals surface area contributed by atoms with Gasteiger partial charge < -0.3 is 9.47 Å². The van der Waals surface area contributed by atoms with E-state index in [0.29, 0.717) is 0 Å². The smallest absolute Gasteiger partial charge is 0.354 e. The number of nitrogens with one attached hydrogen (secondary N) is 1. The molecule has 1 aromatic rings. The van der Waals surface area contributed by atoms with Crippen LogP contribution in [0.25, 0.3) is 0 Å². The fourth-order valence-electron chi connectivity index (χ4n) is 2.36. The minimum absolute atomic E-state index is 0.159. The first kappa shape index (κ1) is 14.0. The van der Waals surface area contributed by atoms with Crippen LogP contribution in [0.3, 0.4) is 0 Å². The van der Waals surface area contributed by atoms with Crippen molar-refractivity contribution in [3.8, 4) is 0 Å². The fourth-order valence-corrected chi connectivity index (χ4v) is 2.36. The predicted octanol–water partition coefficient (Wildman–Crippen LogP) is 0.834. The van der Waals surface area contributed by atoms with Crippen LogP contribution in [0.15, 0.2) is 35.4 Å². The lowest BCUT2D eigenvalue weighted by atomic mass is 9.79. The van der Waals surface area contributed by atoms with Crippen LogP contribution in [0.2, 0.25) is 0 Å². The van der Waals surface area contributed by atoms with Gasteiger partial charge in [0.15, 0.2) is 11.3 Å². The molecule has 1 N–H and O–H groups in total. The third kappa shape index (κ3) is 2.13. The molecular formula is C14H16N2O4. The molecule has 0 aliphatic carbocycles. The lowest BCUT2D eigenvalue weighted by Crippen LogP contribution is -2.50. The topological polar surface area (TPSA) is 77.0 Å².